The Morgan fingerprint density at radius 2 is 2.33 bits per heavy atom. The average molecular weight is 124 g/mol. The third kappa shape index (κ3) is 0.918. The molecule has 1 saturated heterocycles. The molecule has 1 aliphatic heterocycles. The average Bonchev–Trinajstić information content (AvgIpc) is 2.10. The van der Waals surface area contributed by atoms with E-state index in [1.165, 1.54) is 0 Å². The van der Waals surface area contributed by atoms with Gasteiger partial charge < -0.3 is 4.74 Å². The van der Waals surface area contributed by atoms with E-state index in [0.717, 1.165) is 0 Å². The van der Waals surface area contributed by atoms with Crippen molar-refractivity contribution in [2.24, 2.45) is 5.92 Å². The van der Waals surface area contributed by atoms with Crippen molar-refractivity contribution in [2.75, 3.05) is 0 Å². The Hall–Kier alpha value is -1.30. The van der Waals surface area contributed by atoms with Gasteiger partial charge in [-0.2, -0.15) is 0 Å². The van der Waals surface area contributed by atoms with Crippen LogP contribution in [-0.4, -0.2) is 11.9 Å². The number of ether oxygens (including phenoxy) is 1. The SMILES string of the molecule is C#CC1CC(=O)OC1=O. The van der Waals surface area contributed by atoms with E-state index in [0.29, 0.717) is 0 Å². The van der Waals surface area contributed by atoms with Gasteiger partial charge in [-0.15, -0.1) is 6.42 Å². The molecule has 0 radical (unpaired) electrons. The van der Waals surface area contributed by atoms with Crippen molar-refractivity contribution in [1.29, 1.82) is 0 Å². The highest BCUT2D eigenvalue weighted by Crippen LogP contribution is 2.13. The Bertz CT molecular complexity index is 199. The summed E-state index contributed by atoms with van der Waals surface area (Å²) in [5, 5.41) is 0. The fourth-order valence-corrected chi connectivity index (χ4v) is 0.602. The molecule has 0 N–H and O–H groups in total. The van der Waals surface area contributed by atoms with Crippen LogP contribution < -0.4 is 0 Å². The van der Waals surface area contributed by atoms with Gasteiger partial charge in [0.25, 0.3) is 0 Å². The molecule has 0 aliphatic carbocycles. The predicted octanol–water partition coefficient (Wildman–Crippen LogP) is -0.291. The van der Waals surface area contributed by atoms with E-state index in [2.05, 4.69) is 10.7 Å². The first-order valence-electron chi connectivity index (χ1n) is 2.44. The largest absolute Gasteiger partial charge is 0.392 e. The van der Waals surface area contributed by atoms with Crippen LogP contribution >= 0.6 is 0 Å². The summed E-state index contributed by atoms with van der Waals surface area (Å²) in [5.74, 6) is 0.388. The lowest BCUT2D eigenvalue weighted by Crippen LogP contribution is -2.03. The second kappa shape index (κ2) is 1.90. The lowest BCUT2D eigenvalue weighted by Gasteiger charge is -1.86. The number of cyclic esters (lactones) is 2. The van der Waals surface area contributed by atoms with E-state index >= 15 is 0 Å². The molecule has 0 aromatic carbocycles. The molecule has 0 amide bonds. The molecule has 1 aliphatic rings. The van der Waals surface area contributed by atoms with Gasteiger partial charge in [-0.3, -0.25) is 9.59 Å². The van der Waals surface area contributed by atoms with Gasteiger partial charge in [-0.05, 0) is 0 Å². The summed E-state index contributed by atoms with van der Waals surface area (Å²) >= 11 is 0. The van der Waals surface area contributed by atoms with Crippen LogP contribution in [-0.2, 0) is 14.3 Å². The van der Waals surface area contributed by atoms with E-state index in [4.69, 9.17) is 6.42 Å². The van der Waals surface area contributed by atoms with Gasteiger partial charge in [0.2, 0.25) is 0 Å². The van der Waals surface area contributed by atoms with Crippen LogP contribution in [0.15, 0.2) is 0 Å². The number of rotatable bonds is 0. The summed E-state index contributed by atoms with van der Waals surface area (Å²) < 4.78 is 4.14. The first-order chi connectivity index (χ1) is 4.24. The minimum Gasteiger partial charge on any atom is -0.392 e. The van der Waals surface area contributed by atoms with Crippen molar-refractivity contribution >= 4 is 11.9 Å². The quantitative estimate of drug-likeness (QED) is 0.253. The Balaban J connectivity index is 2.72. The van der Waals surface area contributed by atoms with Crippen LogP contribution in [0.25, 0.3) is 0 Å². The zero-order valence-electron chi connectivity index (χ0n) is 4.59. The summed E-state index contributed by atoms with van der Waals surface area (Å²) in [7, 11) is 0. The molecule has 46 valence electrons. The van der Waals surface area contributed by atoms with Gasteiger partial charge in [0.05, 0.1) is 6.42 Å². The molecule has 1 rings (SSSR count). The smallest absolute Gasteiger partial charge is 0.329 e. The van der Waals surface area contributed by atoms with Gasteiger partial charge in [-0.25, -0.2) is 0 Å². The number of carbonyl (C=O) groups excluding carboxylic acids is 2. The Morgan fingerprint density at radius 1 is 1.67 bits per heavy atom. The van der Waals surface area contributed by atoms with Gasteiger partial charge in [-0.1, -0.05) is 5.92 Å². The summed E-state index contributed by atoms with van der Waals surface area (Å²) in [5.41, 5.74) is 0. The van der Waals surface area contributed by atoms with Gasteiger partial charge in [0.1, 0.15) is 5.92 Å². The fourth-order valence-electron chi connectivity index (χ4n) is 0.602. The normalized spacial score (nSPS) is 25.4. The van der Waals surface area contributed by atoms with Crippen molar-refractivity contribution in [3.63, 3.8) is 0 Å². The van der Waals surface area contributed by atoms with Crippen LogP contribution in [0.3, 0.4) is 0 Å². The lowest BCUT2D eigenvalue weighted by molar-refractivity contribution is -0.152. The zero-order chi connectivity index (χ0) is 6.85. The zero-order valence-corrected chi connectivity index (χ0v) is 4.59. The van der Waals surface area contributed by atoms with Gasteiger partial charge in [0.15, 0.2) is 0 Å². The lowest BCUT2D eigenvalue weighted by atomic mass is 10.1. The number of carbonyl (C=O) groups is 2. The number of esters is 2. The molecule has 1 heterocycles. The first-order valence-corrected chi connectivity index (χ1v) is 2.44. The Morgan fingerprint density at radius 3 is 2.56 bits per heavy atom. The Labute approximate surface area is 52.0 Å². The number of terminal acetylenes is 1. The third-order valence-electron chi connectivity index (χ3n) is 1.07. The molecule has 1 fully saturated rings. The Kier molecular flexibility index (Phi) is 1.23. The highest BCUT2D eigenvalue weighted by atomic mass is 16.6. The predicted molar refractivity (Wildman–Crippen MR) is 28.0 cm³/mol. The van der Waals surface area contributed by atoms with Crippen molar-refractivity contribution < 1.29 is 14.3 Å². The van der Waals surface area contributed by atoms with Gasteiger partial charge in [0, 0.05) is 0 Å². The van der Waals surface area contributed by atoms with Crippen LogP contribution in [0.5, 0.6) is 0 Å². The molecule has 3 heteroatoms. The standard InChI is InChI=1S/C6H4O3/c1-2-4-3-5(7)9-6(4)8/h1,4H,3H2. The monoisotopic (exact) mass is 124 g/mol. The summed E-state index contributed by atoms with van der Waals surface area (Å²) in [6, 6.07) is 0. The summed E-state index contributed by atoms with van der Waals surface area (Å²) in [6.45, 7) is 0. The van der Waals surface area contributed by atoms with E-state index < -0.39 is 17.9 Å². The maximum absolute atomic E-state index is 10.4. The molecule has 0 bridgehead atoms. The molecule has 1 atom stereocenters. The third-order valence-corrected chi connectivity index (χ3v) is 1.07. The van der Waals surface area contributed by atoms with Crippen LogP contribution in [0, 0.1) is 18.3 Å². The van der Waals surface area contributed by atoms with E-state index in [9.17, 15) is 9.59 Å². The molecule has 0 aromatic rings. The maximum Gasteiger partial charge on any atom is 0.329 e. The fraction of sp³-hybridized carbons (Fsp3) is 0.333. The molecule has 3 nitrogen and oxygen atoms in total. The van der Waals surface area contributed by atoms with Crippen molar-refractivity contribution in [3.8, 4) is 12.3 Å². The second-order valence-electron chi connectivity index (χ2n) is 1.72. The number of hydrogen-bond donors (Lipinski definition) is 0. The molecule has 0 spiro atoms. The molecular formula is C6H4O3. The summed E-state index contributed by atoms with van der Waals surface area (Å²) in [6.07, 6.45) is 4.92. The molecule has 9 heavy (non-hydrogen) atoms. The first kappa shape index (κ1) is 5.83. The van der Waals surface area contributed by atoms with Crippen LogP contribution in [0.2, 0.25) is 0 Å². The van der Waals surface area contributed by atoms with Crippen LogP contribution in [0.4, 0.5) is 0 Å². The summed E-state index contributed by atoms with van der Waals surface area (Å²) in [4.78, 5) is 20.7. The topological polar surface area (TPSA) is 43.4 Å². The second-order valence-corrected chi connectivity index (χ2v) is 1.72. The highest BCUT2D eigenvalue weighted by molar-refractivity contribution is 5.96. The van der Waals surface area contributed by atoms with Crippen LogP contribution in [0.1, 0.15) is 6.42 Å². The molecule has 0 saturated carbocycles. The highest BCUT2D eigenvalue weighted by Gasteiger charge is 2.31. The van der Waals surface area contributed by atoms with Crippen molar-refractivity contribution in [1.82, 2.24) is 0 Å². The van der Waals surface area contributed by atoms with E-state index in [1.54, 1.807) is 0 Å². The van der Waals surface area contributed by atoms with E-state index in [-0.39, 0.29) is 6.42 Å². The van der Waals surface area contributed by atoms with E-state index in [1.807, 2.05) is 0 Å². The molecule has 0 aromatic heterocycles. The molecule has 1 unspecified atom stereocenters. The maximum atomic E-state index is 10.4. The van der Waals surface area contributed by atoms with Crippen molar-refractivity contribution in [2.45, 2.75) is 6.42 Å². The van der Waals surface area contributed by atoms with Gasteiger partial charge >= 0.3 is 11.9 Å². The van der Waals surface area contributed by atoms with Crippen molar-refractivity contribution in [3.05, 3.63) is 0 Å². The number of hydrogen-bond acceptors (Lipinski definition) is 3. The minimum atomic E-state index is -0.641. The molecular weight excluding hydrogens is 120 g/mol. The minimum absolute atomic E-state index is 0.0370.